The molecule has 1 rings (SSSR count). The fourth-order valence-corrected chi connectivity index (χ4v) is 2.99. The van der Waals surface area contributed by atoms with Gasteiger partial charge >= 0.3 is 0 Å². The van der Waals surface area contributed by atoms with Crippen LogP contribution in [0.1, 0.15) is 68.6 Å². The fourth-order valence-electron chi connectivity index (χ4n) is 2.99. The van der Waals surface area contributed by atoms with Crippen LogP contribution in [0.15, 0.2) is 18.2 Å². The number of hydrogen-bond acceptors (Lipinski definition) is 4. The molecule has 0 unspecified atom stereocenters. The molecule has 6 heteroatoms. The Labute approximate surface area is 170 Å². The van der Waals surface area contributed by atoms with Crippen molar-refractivity contribution >= 4 is 23.2 Å². The predicted molar refractivity (Wildman–Crippen MR) is 116 cm³/mol. The molecule has 28 heavy (non-hydrogen) atoms. The summed E-state index contributed by atoms with van der Waals surface area (Å²) >= 11 is 0. The summed E-state index contributed by atoms with van der Waals surface area (Å²) in [5, 5.41) is 5.83. The van der Waals surface area contributed by atoms with Gasteiger partial charge in [0.25, 0.3) is 5.91 Å². The van der Waals surface area contributed by atoms with Crippen LogP contribution in [0.5, 0.6) is 0 Å². The van der Waals surface area contributed by atoms with Crippen molar-refractivity contribution in [1.82, 2.24) is 5.32 Å². The molecule has 0 saturated heterocycles. The SMILES string of the molecule is CCCCCCCCC(=O)Nc1ccc(N(C)C)c(C(=O)NCCCOC)c1. The second kappa shape index (κ2) is 14.0. The number of amides is 2. The number of hydrogen-bond donors (Lipinski definition) is 2. The van der Waals surface area contributed by atoms with Crippen molar-refractivity contribution in [3.8, 4) is 0 Å². The first-order valence-electron chi connectivity index (χ1n) is 10.4. The summed E-state index contributed by atoms with van der Waals surface area (Å²) in [4.78, 5) is 26.7. The zero-order chi connectivity index (χ0) is 20.8. The van der Waals surface area contributed by atoms with Crippen LogP contribution >= 0.6 is 0 Å². The van der Waals surface area contributed by atoms with Gasteiger partial charge in [0, 0.05) is 52.2 Å². The molecule has 2 N–H and O–H groups in total. The zero-order valence-electron chi connectivity index (χ0n) is 18.0. The number of carbonyl (C=O) groups excluding carboxylic acids is 2. The minimum Gasteiger partial charge on any atom is -0.385 e. The molecule has 6 nitrogen and oxygen atoms in total. The van der Waals surface area contributed by atoms with E-state index in [1.54, 1.807) is 13.2 Å². The highest BCUT2D eigenvalue weighted by Crippen LogP contribution is 2.23. The first-order valence-corrected chi connectivity index (χ1v) is 10.4. The maximum absolute atomic E-state index is 12.6. The monoisotopic (exact) mass is 391 g/mol. The van der Waals surface area contributed by atoms with Gasteiger partial charge in [-0.3, -0.25) is 9.59 Å². The molecule has 0 aliphatic rings. The van der Waals surface area contributed by atoms with Gasteiger partial charge in [0.2, 0.25) is 5.91 Å². The molecule has 2 amide bonds. The molecule has 1 aromatic carbocycles. The van der Waals surface area contributed by atoms with Crippen LogP contribution in [0.4, 0.5) is 11.4 Å². The van der Waals surface area contributed by atoms with Crippen LogP contribution in [0.25, 0.3) is 0 Å². The van der Waals surface area contributed by atoms with Crippen LogP contribution < -0.4 is 15.5 Å². The number of anilines is 2. The van der Waals surface area contributed by atoms with Crippen LogP contribution in [0.2, 0.25) is 0 Å². The Bertz CT molecular complexity index is 603. The highest BCUT2D eigenvalue weighted by Gasteiger charge is 2.14. The van der Waals surface area contributed by atoms with E-state index in [9.17, 15) is 9.59 Å². The molecule has 0 saturated carbocycles. The third-order valence-electron chi connectivity index (χ3n) is 4.57. The first-order chi connectivity index (χ1) is 13.5. The van der Waals surface area contributed by atoms with Crippen LogP contribution in [0, 0.1) is 0 Å². The van der Waals surface area contributed by atoms with Gasteiger partial charge in [-0.2, -0.15) is 0 Å². The molecule has 0 aliphatic heterocycles. The molecule has 158 valence electrons. The Kier molecular flexibility index (Phi) is 12.0. The number of carbonyl (C=O) groups is 2. The van der Waals surface area contributed by atoms with Crippen molar-refractivity contribution < 1.29 is 14.3 Å². The third kappa shape index (κ3) is 9.22. The number of methoxy groups -OCH3 is 1. The summed E-state index contributed by atoms with van der Waals surface area (Å²) < 4.78 is 5.01. The van der Waals surface area contributed by atoms with E-state index in [2.05, 4.69) is 17.6 Å². The zero-order valence-corrected chi connectivity index (χ0v) is 18.0. The molecule has 0 radical (unpaired) electrons. The Morgan fingerprint density at radius 2 is 1.75 bits per heavy atom. The number of nitrogens with zero attached hydrogens (tertiary/aromatic N) is 1. The predicted octanol–water partition coefficient (Wildman–Crippen LogP) is 4.21. The molecular formula is C22H37N3O3. The molecule has 0 bridgehead atoms. The number of nitrogens with one attached hydrogen (secondary N) is 2. The van der Waals surface area contributed by atoms with Gasteiger partial charge in [0.1, 0.15) is 0 Å². The summed E-state index contributed by atoms with van der Waals surface area (Å²) in [7, 11) is 5.44. The minimum atomic E-state index is -0.146. The van der Waals surface area contributed by atoms with Gasteiger partial charge in [-0.15, -0.1) is 0 Å². The van der Waals surface area contributed by atoms with E-state index in [0.717, 1.165) is 24.9 Å². The smallest absolute Gasteiger partial charge is 0.253 e. The van der Waals surface area contributed by atoms with Crippen molar-refractivity contribution in [2.75, 3.05) is 44.6 Å². The Balaban J connectivity index is 2.62. The molecule has 0 spiro atoms. The number of benzene rings is 1. The fraction of sp³-hybridized carbons (Fsp3) is 0.636. The third-order valence-corrected chi connectivity index (χ3v) is 4.57. The van der Waals surface area contributed by atoms with Crippen LogP contribution in [-0.2, 0) is 9.53 Å². The van der Waals surface area contributed by atoms with Crippen molar-refractivity contribution in [1.29, 1.82) is 0 Å². The summed E-state index contributed by atoms with van der Waals surface area (Å²) in [6.07, 6.45) is 8.18. The molecular weight excluding hydrogens is 354 g/mol. The lowest BCUT2D eigenvalue weighted by atomic mass is 10.1. The van der Waals surface area contributed by atoms with E-state index in [1.165, 1.54) is 25.7 Å². The highest BCUT2D eigenvalue weighted by atomic mass is 16.5. The van der Waals surface area contributed by atoms with Gasteiger partial charge in [-0.05, 0) is 31.0 Å². The van der Waals surface area contributed by atoms with Crippen LogP contribution in [-0.4, -0.2) is 46.2 Å². The van der Waals surface area contributed by atoms with Crippen molar-refractivity contribution in [3.63, 3.8) is 0 Å². The van der Waals surface area contributed by atoms with E-state index >= 15 is 0 Å². The number of unbranched alkanes of at least 4 members (excludes halogenated alkanes) is 5. The van der Waals surface area contributed by atoms with Crippen molar-refractivity contribution in [2.24, 2.45) is 0 Å². The van der Waals surface area contributed by atoms with E-state index in [4.69, 9.17) is 4.74 Å². The maximum atomic E-state index is 12.6. The average molecular weight is 392 g/mol. The lowest BCUT2D eigenvalue weighted by Gasteiger charge is -2.18. The van der Waals surface area contributed by atoms with Gasteiger partial charge < -0.3 is 20.3 Å². The molecule has 0 aromatic heterocycles. The van der Waals surface area contributed by atoms with Crippen molar-refractivity contribution in [2.45, 2.75) is 58.3 Å². The molecule has 0 aliphatic carbocycles. The summed E-state index contributed by atoms with van der Waals surface area (Å²) in [6.45, 7) is 3.35. The summed E-state index contributed by atoms with van der Waals surface area (Å²) in [6, 6.07) is 5.46. The summed E-state index contributed by atoms with van der Waals surface area (Å²) in [5.74, 6) is -0.147. The summed E-state index contributed by atoms with van der Waals surface area (Å²) in [5.41, 5.74) is 2.03. The topological polar surface area (TPSA) is 70.7 Å². The number of ether oxygens (including phenoxy) is 1. The largest absolute Gasteiger partial charge is 0.385 e. The van der Waals surface area contributed by atoms with Crippen molar-refractivity contribution in [3.05, 3.63) is 23.8 Å². The standard InChI is InChI=1S/C22H37N3O3/c1-5-6-7-8-9-10-12-21(26)24-18-13-14-20(25(2)3)19(17-18)22(27)23-15-11-16-28-4/h13-14,17H,5-12,15-16H2,1-4H3,(H,23,27)(H,24,26). The van der Waals surface area contributed by atoms with E-state index in [1.807, 2.05) is 31.1 Å². The van der Waals surface area contributed by atoms with Gasteiger partial charge in [-0.25, -0.2) is 0 Å². The van der Waals surface area contributed by atoms with Gasteiger partial charge in [0.15, 0.2) is 0 Å². The molecule has 0 atom stereocenters. The Hall–Kier alpha value is -2.08. The molecule has 0 fully saturated rings. The average Bonchev–Trinajstić information content (AvgIpc) is 2.67. The molecule has 0 heterocycles. The second-order valence-electron chi connectivity index (χ2n) is 7.29. The van der Waals surface area contributed by atoms with E-state index < -0.39 is 0 Å². The quantitative estimate of drug-likeness (QED) is 0.466. The van der Waals surface area contributed by atoms with E-state index in [0.29, 0.717) is 30.8 Å². The van der Waals surface area contributed by atoms with Gasteiger partial charge in [-0.1, -0.05) is 39.0 Å². The highest BCUT2D eigenvalue weighted by molar-refractivity contribution is 6.02. The Morgan fingerprint density at radius 3 is 2.43 bits per heavy atom. The lowest BCUT2D eigenvalue weighted by Crippen LogP contribution is -2.27. The second-order valence-corrected chi connectivity index (χ2v) is 7.29. The van der Waals surface area contributed by atoms with Gasteiger partial charge in [0.05, 0.1) is 5.56 Å². The van der Waals surface area contributed by atoms with Crippen LogP contribution in [0.3, 0.4) is 0 Å². The molecule has 1 aromatic rings. The first kappa shape index (κ1) is 24.0. The Morgan fingerprint density at radius 1 is 1.04 bits per heavy atom. The minimum absolute atomic E-state index is 0.000419. The lowest BCUT2D eigenvalue weighted by molar-refractivity contribution is -0.116. The maximum Gasteiger partial charge on any atom is 0.253 e. The van der Waals surface area contributed by atoms with E-state index in [-0.39, 0.29) is 11.8 Å². The number of rotatable bonds is 14. The normalized spacial score (nSPS) is 10.6.